The first kappa shape index (κ1) is 14.8. The molecule has 0 aliphatic rings. The van der Waals surface area contributed by atoms with Crippen LogP contribution in [0.4, 0.5) is 10.5 Å². The Morgan fingerprint density at radius 1 is 1.14 bits per heavy atom. The Balaban J connectivity index is 2.06. The predicted octanol–water partition coefficient (Wildman–Crippen LogP) is 2.91. The largest absolute Gasteiger partial charge is 0.464 e. The third-order valence-electron chi connectivity index (χ3n) is 3.03. The van der Waals surface area contributed by atoms with E-state index in [4.69, 9.17) is 4.74 Å². The summed E-state index contributed by atoms with van der Waals surface area (Å²) in [5.74, 6) is -0.453. The minimum absolute atomic E-state index is 0.287. The molecule has 5 heteroatoms. The lowest BCUT2D eigenvalue weighted by Crippen LogP contribution is -2.41. The molecule has 0 bridgehead atoms. The van der Waals surface area contributed by atoms with Gasteiger partial charge in [-0.3, -0.25) is 0 Å². The molecule has 1 unspecified atom stereocenters. The average Bonchev–Trinajstić information content (AvgIpc) is 2.47. The van der Waals surface area contributed by atoms with E-state index in [1.54, 1.807) is 13.8 Å². The summed E-state index contributed by atoms with van der Waals surface area (Å²) >= 11 is 0. The van der Waals surface area contributed by atoms with Crippen LogP contribution in [0.2, 0.25) is 0 Å². The second kappa shape index (κ2) is 6.74. The minimum Gasteiger partial charge on any atom is -0.464 e. The first-order chi connectivity index (χ1) is 10.1. The first-order valence-corrected chi connectivity index (χ1v) is 6.83. The van der Waals surface area contributed by atoms with Gasteiger partial charge >= 0.3 is 12.0 Å². The van der Waals surface area contributed by atoms with Gasteiger partial charge in [0.1, 0.15) is 6.04 Å². The molecule has 0 aromatic heterocycles. The maximum atomic E-state index is 11.9. The molecule has 0 saturated heterocycles. The Bertz CT molecular complexity index is 650. The van der Waals surface area contributed by atoms with Crippen molar-refractivity contribution in [3.63, 3.8) is 0 Å². The Morgan fingerprint density at radius 2 is 1.86 bits per heavy atom. The number of ether oxygens (including phenoxy) is 1. The fourth-order valence-electron chi connectivity index (χ4n) is 2.02. The normalized spacial score (nSPS) is 11.7. The standard InChI is InChI=1S/C16H18N2O3/c1-3-21-15(19)11(2)17-16(20)18-14-10-6-8-12-7-4-5-9-13(12)14/h4-11H,3H2,1-2H3,(H2,17,18,20). The molecule has 2 aromatic carbocycles. The smallest absolute Gasteiger partial charge is 0.328 e. The zero-order valence-electron chi connectivity index (χ0n) is 12.1. The fourth-order valence-corrected chi connectivity index (χ4v) is 2.02. The van der Waals surface area contributed by atoms with E-state index in [9.17, 15) is 9.59 Å². The van der Waals surface area contributed by atoms with Crippen molar-refractivity contribution in [3.8, 4) is 0 Å². The fraction of sp³-hybridized carbons (Fsp3) is 0.250. The van der Waals surface area contributed by atoms with E-state index in [0.717, 1.165) is 10.8 Å². The highest BCUT2D eigenvalue weighted by Crippen LogP contribution is 2.22. The molecule has 2 aromatic rings. The van der Waals surface area contributed by atoms with E-state index in [2.05, 4.69) is 10.6 Å². The number of esters is 1. The molecule has 2 rings (SSSR count). The summed E-state index contributed by atoms with van der Waals surface area (Å²) in [6.45, 7) is 3.59. The van der Waals surface area contributed by atoms with Gasteiger partial charge in [0.15, 0.2) is 0 Å². The maximum absolute atomic E-state index is 11.9. The molecule has 110 valence electrons. The lowest BCUT2D eigenvalue weighted by Gasteiger charge is -2.14. The quantitative estimate of drug-likeness (QED) is 0.849. The topological polar surface area (TPSA) is 67.4 Å². The van der Waals surface area contributed by atoms with Crippen molar-refractivity contribution >= 4 is 28.5 Å². The molecule has 2 amide bonds. The van der Waals surface area contributed by atoms with Crippen LogP contribution in [0, 0.1) is 0 Å². The van der Waals surface area contributed by atoms with Crippen LogP contribution in [0.3, 0.4) is 0 Å². The van der Waals surface area contributed by atoms with Gasteiger partial charge in [0, 0.05) is 5.39 Å². The lowest BCUT2D eigenvalue weighted by atomic mass is 10.1. The number of hydrogen-bond donors (Lipinski definition) is 2. The van der Waals surface area contributed by atoms with Gasteiger partial charge < -0.3 is 15.4 Å². The van der Waals surface area contributed by atoms with Crippen LogP contribution in [-0.4, -0.2) is 24.6 Å². The second-order valence-corrected chi connectivity index (χ2v) is 4.60. The molecule has 1 atom stereocenters. The molecule has 5 nitrogen and oxygen atoms in total. The van der Waals surface area contributed by atoms with Gasteiger partial charge in [-0.25, -0.2) is 9.59 Å². The Morgan fingerprint density at radius 3 is 2.62 bits per heavy atom. The Hall–Kier alpha value is -2.56. The number of anilines is 1. The highest BCUT2D eigenvalue weighted by Gasteiger charge is 2.16. The van der Waals surface area contributed by atoms with Crippen LogP contribution in [-0.2, 0) is 9.53 Å². The van der Waals surface area contributed by atoms with Crippen molar-refractivity contribution in [2.75, 3.05) is 11.9 Å². The van der Waals surface area contributed by atoms with Crippen LogP contribution in [0.5, 0.6) is 0 Å². The average molecular weight is 286 g/mol. The van der Waals surface area contributed by atoms with Crippen molar-refractivity contribution in [3.05, 3.63) is 42.5 Å². The summed E-state index contributed by atoms with van der Waals surface area (Å²) in [6.07, 6.45) is 0. The Labute approximate surface area is 123 Å². The van der Waals surface area contributed by atoms with E-state index in [1.807, 2.05) is 42.5 Å². The number of urea groups is 1. The second-order valence-electron chi connectivity index (χ2n) is 4.60. The predicted molar refractivity (Wildman–Crippen MR) is 82.2 cm³/mol. The van der Waals surface area contributed by atoms with Gasteiger partial charge in [-0.1, -0.05) is 36.4 Å². The van der Waals surface area contributed by atoms with Gasteiger partial charge in [0.25, 0.3) is 0 Å². The summed E-state index contributed by atoms with van der Waals surface area (Å²) in [5.41, 5.74) is 0.696. The van der Waals surface area contributed by atoms with Crippen molar-refractivity contribution in [1.29, 1.82) is 0 Å². The molecule has 0 fully saturated rings. The number of amides is 2. The number of rotatable bonds is 4. The maximum Gasteiger partial charge on any atom is 0.328 e. The van der Waals surface area contributed by atoms with E-state index in [1.165, 1.54) is 0 Å². The van der Waals surface area contributed by atoms with E-state index in [-0.39, 0.29) is 6.61 Å². The van der Waals surface area contributed by atoms with Crippen LogP contribution < -0.4 is 10.6 Å². The van der Waals surface area contributed by atoms with Gasteiger partial charge in [-0.15, -0.1) is 0 Å². The van der Waals surface area contributed by atoms with Crippen molar-refractivity contribution in [1.82, 2.24) is 5.32 Å². The number of benzene rings is 2. The lowest BCUT2D eigenvalue weighted by molar-refractivity contribution is -0.144. The molecular weight excluding hydrogens is 268 g/mol. The SMILES string of the molecule is CCOC(=O)C(C)NC(=O)Nc1cccc2ccccc12. The van der Waals surface area contributed by atoms with E-state index >= 15 is 0 Å². The molecule has 0 heterocycles. The van der Waals surface area contributed by atoms with Crippen molar-refractivity contribution in [2.45, 2.75) is 19.9 Å². The van der Waals surface area contributed by atoms with Gasteiger partial charge in [-0.2, -0.15) is 0 Å². The highest BCUT2D eigenvalue weighted by atomic mass is 16.5. The Kier molecular flexibility index (Phi) is 4.77. The third kappa shape index (κ3) is 3.72. The van der Waals surface area contributed by atoms with Crippen molar-refractivity contribution < 1.29 is 14.3 Å². The van der Waals surface area contributed by atoms with E-state index in [0.29, 0.717) is 5.69 Å². The number of fused-ring (bicyclic) bond motifs is 1. The molecular formula is C16H18N2O3. The third-order valence-corrected chi connectivity index (χ3v) is 3.03. The van der Waals surface area contributed by atoms with Gasteiger partial charge in [0.2, 0.25) is 0 Å². The minimum atomic E-state index is -0.695. The molecule has 0 aliphatic carbocycles. The van der Waals surface area contributed by atoms with Gasteiger partial charge in [0.05, 0.1) is 12.3 Å². The first-order valence-electron chi connectivity index (χ1n) is 6.83. The summed E-state index contributed by atoms with van der Waals surface area (Å²) in [5, 5.41) is 7.29. The van der Waals surface area contributed by atoms with E-state index < -0.39 is 18.0 Å². The van der Waals surface area contributed by atoms with Crippen LogP contribution in [0.1, 0.15) is 13.8 Å². The zero-order valence-corrected chi connectivity index (χ0v) is 12.1. The van der Waals surface area contributed by atoms with Crippen LogP contribution in [0.25, 0.3) is 10.8 Å². The summed E-state index contributed by atoms with van der Waals surface area (Å²) in [6, 6.07) is 12.3. The van der Waals surface area contributed by atoms with Crippen molar-refractivity contribution in [2.24, 2.45) is 0 Å². The number of nitrogens with one attached hydrogen (secondary N) is 2. The summed E-state index contributed by atoms with van der Waals surface area (Å²) < 4.78 is 4.84. The number of carbonyl (C=O) groups excluding carboxylic acids is 2. The molecule has 21 heavy (non-hydrogen) atoms. The van der Waals surface area contributed by atoms with Crippen LogP contribution in [0.15, 0.2) is 42.5 Å². The summed E-state index contributed by atoms with van der Waals surface area (Å²) in [7, 11) is 0. The molecule has 2 N–H and O–H groups in total. The number of hydrogen-bond acceptors (Lipinski definition) is 3. The molecule has 0 spiro atoms. The zero-order chi connectivity index (χ0) is 15.2. The number of carbonyl (C=O) groups is 2. The molecule has 0 aliphatic heterocycles. The van der Waals surface area contributed by atoms with Crippen LogP contribution >= 0.6 is 0 Å². The summed E-state index contributed by atoms with van der Waals surface area (Å²) in [4.78, 5) is 23.4. The molecule has 0 radical (unpaired) electrons. The molecule has 0 saturated carbocycles. The monoisotopic (exact) mass is 286 g/mol. The highest BCUT2D eigenvalue weighted by molar-refractivity contribution is 6.02. The van der Waals surface area contributed by atoms with Gasteiger partial charge in [-0.05, 0) is 25.3 Å².